The van der Waals surface area contributed by atoms with Crippen LogP contribution in [-0.4, -0.2) is 20.0 Å². The van der Waals surface area contributed by atoms with Crippen LogP contribution in [0.1, 0.15) is 11.3 Å². The quantitative estimate of drug-likeness (QED) is 0.861. The van der Waals surface area contributed by atoms with Crippen LogP contribution in [0.4, 0.5) is 0 Å². The Hall–Kier alpha value is -1.85. The van der Waals surface area contributed by atoms with Gasteiger partial charge in [-0.3, -0.25) is 4.79 Å². The number of aromatic hydroxyl groups is 1. The SMILES string of the molecule is Cc1c(Cl)cccc1-n1nc(CO)c(O)cc1=O. The minimum absolute atomic E-state index is 0.0361. The number of hydrogen-bond donors (Lipinski definition) is 2. The molecule has 1 aromatic heterocycles. The van der Waals surface area contributed by atoms with Gasteiger partial charge in [0.05, 0.1) is 12.3 Å². The Bertz CT molecular complexity index is 652. The molecule has 0 spiro atoms. The fourth-order valence-corrected chi connectivity index (χ4v) is 1.76. The fraction of sp³-hybridized carbons (Fsp3) is 0.167. The van der Waals surface area contributed by atoms with Gasteiger partial charge in [-0.05, 0) is 24.6 Å². The standard InChI is InChI=1S/C12H11ClN2O3/c1-7-8(13)3-2-4-10(7)15-12(18)5-11(17)9(6-16)14-15/h2-5,16-17H,6H2,1H3. The second-order valence-electron chi connectivity index (χ2n) is 3.77. The molecular formula is C12H11ClN2O3. The fourth-order valence-electron chi connectivity index (χ4n) is 1.59. The lowest BCUT2D eigenvalue weighted by molar-refractivity contribution is 0.266. The van der Waals surface area contributed by atoms with E-state index in [4.69, 9.17) is 16.7 Å². The number of aliphatic hydroxyl groups excluding tert-OH is 1. The molecule has 0 saturated heterocycles. The van der Waals surface area contributed by atoms with E-state index in [0.29, 0.717) is 16.3 Å². The highest BCUT2D eigenvalue weighted by atomic mass is 35.5. The van der Waals surface area contributed by atoms with Gasteiger partial charge in [-0.2, -0.15) is 9.78 Å². The maximum Gasteiger partial charge on any atom is 0.275 e. The topological polar surface area (TPSA) is 75.3 Å². The lowest BCUT2D eigenvalue weighted by Crippen LogP contribution is -2.22. The predicted molar refractivity (Wildman–Crippen MR) is 67.2 cm³/mol. The number of aliphatic hydroxyl groups is 1. The van der Waals surface area contributed by atoms with Gasteiger partial charge < -0.3 is 10.2 Å². The molecule has 0 fully saturated rings. The molecule has 2 rings (SSSR count). The van der Waals surface area contributed by atoms with Gasteiger partial charge in [0.15, 0.2) is 0 Å². The molecule has 0 atom stereocenters. The van der Waals surface area contributed by atoms with Crippen LogP contribution in [0.3, 0.4) is 0 Å². The predicted octanol–water partition coefficient (Wildman–Crippen LogP) is 1.39. The molecule has 6 heteroatoms. The molecule has 0 radical (unpaired) electrons. The van der Waals surface area contributed by atoms with Crippen molar-refractivity contribution in [3.8, 4) is 11.4 Å². The summed E-state index contributed by atoms with van der Waals surface area (Å²) in [7, 11) is 0. The van der Waals surface area contributed by atoms with E-state index in [-0.39, 0.29) is 11.4 Å². The first kappa shape index (κ1) is 12.6. The molecule has 0 amide bonds. The zero-order valence-electron chi connectivity index (χ0n) is 9.59. The maximum atomic E-state index is 11.8. The van der Waals surface area contributed by atoms with E-state index in [1.807, 2.05) is 0 Å². The highest BCUT2D eigenvalue weighted by Crippen LogP contribution is 2.21. The average Bonchev–Trinajstić information content (AvgIpc) is 2.34. The number of halogens is 1. The third-order valence-electron chi connectivity index (χ3n) is 2.60. The molecule has 0 bridgehead atoms. The van der Waals surface area contributed by atoms with Gasteiger partial charge in [0, 0.05) is 11.1 Å². The Morgan fingerprint density at radius 1 is 1.44 bits per heavy atom. The zero-order chi connectivity index (χ0) is 13.3. The van der Waals surface area contributed by atoms with Crippen molar-refractivity contribution in [1.82, 2.24) is 9.78 Å². The Morgan fingerprint density at radius 2 is 2.17 bits per heavy atom. The Kier molecular flexibility index (Phi) is 3.36. The van der Waals surface area contributed by atoms with Crippen molar-refractivity contribution in [2.24, 2.45) is 0 Å². The van der Waals surface area contributed by atoms with Gasteiger partial charge in [0.2, 0.25) is 0 Å². The van der Waals surface area contributed by atoms with Crippen molar-refractivity contribution in [3.63, 3.8) is 0 Å². The van der Waals surface area contributed by atoms with Gasteiger partial charge in [0.25, 0.3) is 5.56 Å². The first-order valence-electron chi connectivity index (χ1n) is 5.23. The number of aromatic nitrogens is 2. The highest BCUT2D eigenvalue weighted by molar-refractivity contribution is 6.31. The molecule has 1 aromatic carbocycles. The third kappa shape index (κ3) is 2.10. The number of hydrogen-bond acceptors (Lipinski definition) is 4. The van der Waals surface area contributed by atoms with Crippen LogP contribution in [0, 0.1) is 6.92 Å². The summed E-state index contributed by atoms with van der Waals surface area (Å²) in [5.41, 5.74) is 0.759. The van der Waals surface area contributed by atoms with Crippen LogP contribution in [0.5, 0.6) is 5.75 Å². The van der Waals surface area contributed by atoms with Gasteiger partial charge in [-0.15, -0.1) is 0 Å². The third-order valence-corrected chi connectivity index (χ3v) is 3.01. The summed E-state index contributed by atoms with van der Waals surface area (Å²) in [6, 6.07) is 6.11. The smallest absolute Gasteiger partial charge is 0.275 e. The largest absolute Gasteiger partial charge is 0.506 e. The number of rotatable bonds is 2. The molecule has 2 N–H and O–H groups in total. The average molecular weight is 267 g/mol. The minimum Gasteiger partial charge on any atom is -0.506 e. The zero-order valence-corrected chi connectivity index (χ0v) is 10.3. The monoisotopic (exact) mass is 266 g/mol. The second kappa shape index (κ2) is 4.80. The molecule has 18 heavy (non-hydrogen) atoms. The summed E-state index contributed by atoms with van der Waals surface area (Å²) in [6.07, 6.45) is 0. The van der Waals surface area contributed by atoms with Crippen LogP contribution in [0.2, 0.25) is 5.02 Å². The molecule has 0 aliphatic rings. The summed E-state index contributed by atoms with van der Waals surface area (Å²) in [4.78, 5) is 11.8. The molecule has 0 saturated carbocycles. The van der Waals surface area contributed by atoms with Gasteiger partial charge >= 0.3 is 0 Å². The van der Waals surface area contributed by atoms with Crippen LogP contribution in [0.25, 0.3) is 5.69 Å². The van der Waals surface area contributed by atoms with Crippen molar-refractivity contribution >= 4 is 11.6 Å². The van der Waals surface area contributed by atoms with Gasteiger partial charge in [-0.25, -0.2) is 0 Å². The summed E-state index contributed by atoms with van der Waals surface area (Å²) in [6.45, 7) is 1.31. The van der Waals surface area contributed by atoms with E-state index in [9.17, 15) is 9.90 Å². The van der Waals surface area contributed by atoms with Gasteiger partial charge in [-0.1, -0.05) is 17.7 Å². The van der Waals surface area contributed by atoms with Crippen molar-refractivity contribution in [1.29, 1.82) is 0 Å². The first-order valence-corrected chi connectivity index (χ1v) is 5.61. The maximum absolute atomic E-state index is 11.8. The Balaban J connectivity index is 2.71. The van der Waals surface area contributed by atoms with Crippen molar-refractivity contribution in [2.45, 2.75) is 13.5 Å². The van der Waals surface area contributed by atoms with E-state index in [1.54, 1.807) is 25.1 Å². The molecule has 0 unspecified atom stereocenters. The van der Waals surface area contributed by atoms with Crippen LogP contribution >= 0.6 is 11.6 Å². The molecule has 94 valence electrons. The van der Waals surface area contributed by atoms with E-state index in [1.165, 1.54) is 0 Å². The van der Waals surface area contributed by atoms with E-state index < -0.39 is 12.2 Å². The molecule has 0 aliphatic heterocycles. The molecule has 0 aliphatic carbocycles. The van der Waals surface area contributed by atoms with Crippen molar-refractivity contribution in [3.05, 3.63) is 50.9 Å². The summed E-state index contributed by atoms with van der Waals surface area (Å²) < 4.78 is 1.10. The van der Waals surface area contributed by atoms with Crippen LogP contribution in [0.15, 0.2) is 29.1 Å². The normalized spacial score (nSPS) is 10.6. The first-order chi connectivity index (χ1) is 8.54. The molecular weight excluding hydrogens is 256 g/mol. The molecule has 5 nitrogen and oxygen atoms in total. The highest BCUT2D eigenvalue weighted by Gasteiger charge is 2.11. The van der Waals surface area contributed by atoms with E-state index in [0.717, 1.165) is 10.7 Å². The number of benzene rings is 1. The number of nitrogens with zero attached hydrogens (tertiary/aromatic N) is 2. The summed E-state index contributed by atoms with van der Waals surface area (Å²) >= 11 is 5.98. The molecule has 2 aromatic rings. The lowest BCUT2D eigenvalue weighted by Gasteiger charge is -2.10. The van der Waals surface area contributed by atoms with Crippen molar-refractivity contribution in [2.75, 3.05) is 0 Å². The van der Waals surface area contributed by atoms with Crippen LogP contribution in [-0.2, 0) is 6.61 Å². The summed E-state index contributed by atoms with van der Waals surface area (Å²) in [5, 5.41) is 22.9. The van der Waals surface area contributed by atoms with Crippen LogP contribution < -0.4 is 5.56 Å². The lowest BCUT2D eigenvalue weighted by atomic mass is 10.2. The minimum atomic E-state index is -0.491. The van der Waals surface area contributed by atoms with E-state index >= 15 is 0 Å². The van der Waals surface area contributed by atoms with Crippen molar-refractivity contribution < 1.29 is 10.2 Å². The Labute approximate surface area is 108 Å². The van der Waals surface area contributed by atoms with E-state index in [2.05, 4.69) is 5.10 Å². The Morgan fingerprint density at radius 3 is 2.83 bits per heavy atom. The second-order valence-corrected chi connectivity index (χ2v) is 4.18. The van der Waals surface area contributed by atoms with Gasteiger partial charge in [0.1, 0.15) is 11.4 Å². The summed E-state index contributed by atoms with van der Waals surface area (Å²) in [5.74, 6) is -0.321. The molecule has 1 heterocycles.